The van der Waals surface area contributed by atoms with Crippen LogP contribution in [-0.2, 0) is 11.4 Å². The van der Waals surface area contributed by atoms with Crippen molar-refractivity contribution >= 4 is 23.4 Å². The molecular formula is C15H15NO2S. The summed E-state index contributed by atoms with van der Waals surface area (Å²) in [5, 5.41) is 11.9. The van der Waals surface area contributed by atoms with Crippen LogP contribution in [0.15, 0.2) is 59.5 Å². The molecule has 0 atom stereocenters. The van der Waals surface area contributed by atoms with E-state index < -0.39 is 0 Å². The second-order valence-electron chi connectivity index (χ2n) is 4.01. The summed E-state index contributed by atoms with van der Waals surface area (Å²) in [6.07, 6.45) is 0. The molecule has 2 N–H and O–H groups in total. The molecule has 0 heterocycles. The number of rotatable bonds is 5. The summed E-state index contributed by atoms with van der Waals surface area (Å²) >= 11 is 1.45. The number of carbonyl (C=O) groups is 1. The second-order valence-corrected chi connectivity index (χ2v) is 5.06. The number of amides is 1. The smallest absolute Gasteiger partial charge is 0.234 e. The third-order valence-electron chi connectivity index (χ3n) is 2.51. The third-order valence-corrected chi connectivity index (χ3v) is 3.50. The van der Waals surface area contributed by atoms with Gasteiger partial charge in [-0.1, -0.05) is 30.3 Å². The average Bonchev–Trinajstić information content (AvgIpc) is 2.46. The molecule has 2 rings (SSSR count). The van der Waals surface area contributed by atoms with Gasteiger partial charge in [0.15, 0.2) is 0 Å². The minimum absolute atomic E-state index is 0.0185. The number of hydrogen-bond donors (Lipinski definition) is 2. The van der Waals surface area contributed by atoms with Gasteiger partial charge in [-0.25, -0.2) is 0 Å². The van der Waals surface area contributed by atoms with E-state index in [9.17, 15) is 4.79 Å². The summed E-state index contributed by atoms with van der Waals surface area (Å²) in [5.41, 5.74) is 1.66. The van der Waals surface area contributed by atoms with Crippen molar-refractivity contribution in [3.05, 3.63) is 60.2 Å². The Morgan fingerprint density at radius 3 is 2.63 bits per heavy atom. The van der Waals surface area contributed by atoms with E-state index in [0.717, 1.165) is 16.1 Å². The topological polar surface area (TPSA) is 49.3 Å². The van der Waals surface area contributed by atoms with Crippen molar-refractivity contribution < 1.29 is 9.90 Å². The van der Waals surface area contributed by atoms with E-state index in [0.29, 0.717) is 5.75 Å². The highest BCUT2D eigenvalue weighted by molar-refractivity contribution is 8.00. The maximum absolute atomic E-state index is 11.8. The first kappa shape index (κ1) is 13.6. The van der Waals surface area contributed by atoms with E-state index in [1.165, 1.54) is 11.8 Å². The Hall–Kier alpha value is -1.78. The van der Waals surface area contributed by atoms with E-state index in [1.54, 1.807) is 0 Å². The van der Waals surface area contributed by atoms with Crippen LogP contribution < -0.4 is 5.32 Å². The van der Waals surface area contributed by atoms with E-state index in [2.05, 4.69) is 5.32 Å². The van der Waals surface area contributed by atoms with Crippen molar-refractivity contribution in [3.63, 3.8) is 0 Å². The summed E-state index contributed by atoms with van der Waals surface area (Å²) < 4.78 is 0. The van der Waals surface area contributed by atoms with Gasteiger partial charge in [-0.3, -0.25) is 4.79 Å². The lowest BCUT2D eigenvalue weighted by Crippen LogP contribution is -2.13. The molecule has 0 fully saturated rings. The second kappa shape index (κ2) is 6.97. The molecule has 19 heavy (non-hydrogen) atoms. The summed E-state index contributed by atoms with van der Waals surface area (Å²) in [4.78, 5) is 12.7. The molecule has 2 aromatic rings. The molecule has 0 aliphatic rings. The fourth-order valence-electron chi connectivity index (χ4n) is 1.60. The van der Waals surface area contributed by atoms with E-state index in [-0.39, 0.29) is 12.5 Å². The minimum atomic E-state index is -0.0365. The molecule has 0 bridgehead atoms. The van der Waals surface area contributed by atoms with Gasteiger partial charge in [0.1, 0.15) is 0 Å². The molecule has 4 heteroatoms. The van der Waals surface area contributed by atoms with Crippen molar-refractivity contribution in [1.29, 1.82) is 0 Å². The monoisotopic (exact) mass is 273 g/mol. The first-order valence-corrected chi connectivity index (χ1v) is 6.94. The maximum atomic E-state index is 11.8. The molecule has 0 aliphatic heterocycles. The number of anilines is 1. The first-order chi connectivity index (χ1) is 9.28. The molecule has 0 aromatic heterocycles. The number of thioether (sulfide) groups is 1. The lowest BCUT2D eigenvalue weighted by atomic mass is 10.2. The van der Waals surface area contributed by atoms with E-state index in [1.807, 2.05) is 54.6 Å². The lowest BCUT2D eigenvalue weighted by molar-refractivity contribution is -0.113. The largest absolute Gasteiger partial charge is 0.392 e. The highest BCUT2D eigenvalue weighted by atomic mass is 32.2. The number of para-hydroxylation sites is 1. The molecule has 3 nitrogen and oxygen atoms in total. The highest BCUT2D eigenvalue weighted by Crippen LogP contribution is 2.19. The van der Waals surface area contributed by atoms with Crippen molar-refractivity contribution in [3.8, 4) is 0 Å². The molecule has 0 saturated carbocycles. The summed E-state index contributed by atoms with van der Waals surface area (Å²) in [6.45, 7) is 0.0185. The highest BCUT2D eigenvalue weighted by Gasteiger charge is 2.03. The Morgan fingerprint density at radius 2 is 1.89 bits per heavy atom. The Kier molecular flexibility index (Phi) is 5.01. The molecule has 1 amide bonds. The number of carbonyl (C=O) groups excluding carboxylic acids is 1. The van der Waals surface area contributed by atoms with Crippen molar-refractivity contribution in [1.82, 2.24) is 0 Å². The normalized spacial score (nSPS) is 10.2. The maximum Gasteiger partial charge on any atom is 0.234 e. The van der Waals surface area contributed by atoms with E-state index >= 15 is 0 Å². The van der Waals surface area contributed by atoms with Gasteiger partial charge in [0, 0.05) is 10.6 Å². The standard InChI is InChI=1S/C15H15NO2S/c17-10-12-5-4-8-14(9-12)19-11-15(18)16-13-6-2-1-3-7-13/h1-9,17H,10-11H2,(H,16,18). The van der Waals surface area contributed by atoms with Gasteiger partial charge >= 0.3 is 0 Å². The van der Waals surface area contributed by atoms with Gasteiger partial charge in [-0.15, -0.1) is 11.8 Å². The lowest BCUT2D eigenvalue weighted by Gasteiger charge is -2.05. The number of aliphatic hydroxyl groups excluding tert-OH is 1. The Morgan fingerprint density at radius 1 is 1.11 bits per heavy atom. The van der Waals surface area contributed by atoms with Crippen LogP contribution in [-0.4, -0.2) is 16.8 Å². The zero-order valence-corrected chi connectivity index (χ0v) is 11.2. The molecule has 2 aromatic carbocycles. The number of hydrogen-bond acceptors (Lipinski definition) is 3. The summed E-state index contributed by atoms with van der Waals surface area (Å²) in [6, 6.07) is 16.9. The SMILES string of the molecule is O=C(CSc1cccc(CO)c1)Nc1ccccc1. The Labute approximate surface area is 116 Å². The van der Waals surface area contributed by atoms with Crippen LogP contribution in [0, 0.1) is 0 Å². The molecule has 0 saturated heterocycles. The molecule has 0 aliphatic carbocycles. The number of nitrogens with one attached hydrogen (secondary N) is 1. The van der Waals surface area contributed by atoms with Crippen molar-refractivity contribution in [2.45, 2.75) is 11.5 Å². The summed E-state index contributed by atoms with van der Waals surface area (Å²) in [5.74, 6) is 0.314. The zero-order valence-electron chi connectivity index (χ0n) is 10.4. The van der Waals surface area contributed by atoms with Crippen LogP contribution in [0.4, 0.5) is 5.69 Å². The van der Waals surface area contributed by atoms with Crippen LogP contribution >= 0.6 is 11.8 Å². The predicted octanol–water partition coefficient (Wildman–Crippen LogP) is 2.91. The van der Waals surface area contributed by atoms with Gasteiger partial charge in [0.25, 0.3) is 0 Å². The van der Waals surface area contributed by atoms with Crippen molar-refractivity contribution in [2.75, 3.05) is 11.1 Å². The number of aliphatic hydroxyl groups is 1. The quantitative estimate of drug-likeness (QED) is 0.824. The van der Waals surface area contributed by atoms with Gasteiger partial charge in [0.05, 0.1) is 12.4 Å². The average molecular weight is 273 g/mol. The van der Waals surface area contributed by atoms with Gasteiger partial charge in [-0.05, 0) is 29.8 Å². The molecular weight excluding hydrogens is 258 g/mol. The van der Waals surface area contributed by atoms with Gasteiger partial charge in [0.2, 0.25) is 5.91 Å². The minimum Gasteiger partial charge on any atom is -0.392 e. The van der Waals surface area contributed by atoms with Crippen molar-refractivity contribution in [2.24, 2.45) is 0 Å². The van der Waals surface area contributed by atoms with E-state index in [4.69, 9.17) is 5.11 Å². The molecule has 0 radical (unpaired) electrons. The Bertz CT molecular complexity index is 543. The third kappa shape index (κ3) is 4.43. The summed E-state index contributed by atoms with van der Waals surface area (Å²) in [7, 11) is 0. The van der Waals surface area contributed by atoms with Crippen LogP contribution in [0.5, 0.6) is 0 Å². The Balaban J connectivity index is 1.86. The van der Waals surface area contributed by atoms with Crippen LogP contribution in [0.25, 0.3) is 0 Å². The molecule has 98 valence electrons. The van der Waals surface area contributed by atoms with Gasteiger partial charge in [-0.2, -0.15) is 0 Å². The van der Waals surface area contributed by atoms with Crippen LogP contribution in [0.2, 0.25) is 0 Å². The van der Waals surface area contributed by atoms with Crippen LogP contribution in [0.3, 0.4) is 0 Å². The fourth-order valence-corrected chi connectivity index (χ4v) is 2.38. The van der Waals surface area contributed by atoms with Gasteiger partial charge < -0.3 is 10.4 Å². The molecule has 0 unspecified atom stereocenters. The van der Waals surface area contributed by atoms with Crippen LogP contribution in [0.1, 0.15) is 5.56 Å². The molecule has 0 spiro atoms. The first-order valence-electron chi connectivity index (χ1n) is 5.95. The predicted molar refractivity (Wildman–Crippen MR) is 78.2 cm³/mol. The fraction of sp³-hybridized carbons (Fsp3) is 0.133. The zero-order chi connectivity index (χ0) is 13.5. The number of benzene rings is 2.